The molecule has 1 N–H and O–H groups in total. The predicted octanol–water partition coefficient (Wildman–Crippen LogP) is 3.51. The molecule has 0 bridgehead atoms. The van der Waals surface area contributed by atoms with Gasteiger partial charge in [-0.1, -0.05) is 24.6 Å². The number of aliphatic imine (C=N–C) groups is 1. The molecule has 2 aliphatic rings. The maximum absolute atomic E-state index is 13.2. The highest BCUT2D eigenvalue weighted by Gasteiger charge is 2.41. The zero-order valence-corrected chi connectivity index (χ0v) is 17.8. The SMILES string of the molecule is CN=C(NCC1(c2cccc(C(F)(F)F)c2)CCC1)N1CCOC(c2cnn(C)c2)C1. The number of rotatable bonds is 4. The molecule has 1 aromatic heterocycles. The van der Waals surface area contributed by atoms with Gasteiger partial charge in [0.15, 0.2) is 5.96 Å². The zero-order valence-electron chi connectivity index (χ0n) is 17.8. The van der Waals surface area contributed by atoms with E-state index in [1.165, 1.54) is 12.1 Å². The summed E-state index contributed by atoms with van der Waals surface area (Å²) in [5.74, 6) is 0.746. The second kappa shape index (κ2) is 8.53. The van der Waals surface area contributed by atoms with Crippen LogP contribution in [-0.4, -0.2) is 53.9 Å². The lowest BCUT2D eigenvalue weighted by Gasteiger charge is -2.44. The van der Waals surface area contributed by atoms with Gasteiger partial charge in [0.25, 0.3) is 0 Å². The van der Waals surface area contributed by atoms with Crippen LogP contribution in [0.15, 0.2) is 41.7 Å². The number of nitrogens with one attached hydrogen (secondary N) is 1. The molecule has 0 radical (unpaired) electrons. The predicted molar refractivity (Wildman–Crippen MR) is 112 cm³/mol. The first-order valence-corrected chi connectivity index (χ1v) is 10.5. The van der Waals surface area contributed by atoms with E-state index in [0.29, 0.717) is 26.2 Å². The summed E-state index contributed by atoms with van der Waals surface area (Å²) < 4.78 is 47.3. The molecule has 1 aliphatic heterocycles. The number of halogens is 3. The number of alkyl halides is 3. The van der Waals surface area contributed by atoms with Gasteiger partial charge in [-0.05, 0) is 24.5 Å². The molecule has 2 heterocycles. The van der Waals surface area contributed by atoms with Gasteiger partial charge in [-0.25, -0.2) is 0 Å². The molecule has 9 heteroatoms. The average molecular weight is 435 g/mol. The van der Waals surface area contributed by atoms with Crippen LogP contribution in [0.1, 0.15) is 42.1 Å². The first-order valence-electron chi connectivity index (χ1n) is 10.5. The fourth-order valence-electron chi connectivity index (χ4n) is 4.43. The number of morpholine rings is 1. The summed E-state index contributed by atoms with van der Waals surface area (Å²) >= 11 is 0. The van der Waals surface area contributed by atoms with Crippen molar-refractivity contribution in [3.63, 3.8) is 0 Å². The van der Waals surface area contributed by atoms with Crippen molar-refractivity contribution >= 4 is 5.96 Å². The summed E-state index contributed by atoms with van der Waals surface area (Å²) in [5.41, 5.74) is 0.869. The maximum atomic E-state index is 13.2. The molecule has 0 spiro atoms. The summed E-state index contributed by atoms with van der Waals surface area (Å²) in [6.07, 6.45) is 2.06. The Morgan fingerprint density at radius 3 is 2.77 bits per heavy atom. The molecule has 1 aliphatic carbocycles. The highest BCUT2D eigenvalue weighted by atomic mass is 19.4. The average Bonchev–Trinajstić information content (AvgIpc) is 3.16. The van der Waals surface area contributed by atoms with E-state index < -0.39 is 11.7 Å². The molecule has 1 aromatic carbocycles. The monoisotopic (exact) mass is 435 g/mol. The van der Waals surface area contributed by atoms with E-state index in [1.807, 2.05) is 19.3 Å². The van der Waals surface area contributed by atoms with Crippen molar-refractivity contribution in [2.45, 2.75) is 37.0 Å². The number of ether oxygens (including phenoxy) is 1. The number of aromatic nitrogens is 2. The summed E-state index contributed by atoms with van der Waals surface area (Å²) in [6, 6.07) is 5.75. The lowest BCUT2D eigenvalue weighted by Crippen LogP contribution is -2.52. The van der Waals surface area contributed by atoms with Gasteiger partial charge in [0, 0.05) is 44.4 Å². The fourth-order valence-corrected chi connectivity index (χ4v) is 4.43. The number of guanidine groups is 1. The summed E-state index contributed by atoms with van der Waals surface area (Å²) in [6.45, 7) is 2.46. The minimum atomic E-state index is -4.33. The van der Waals surface area contributed by atoms with E-state index in [4.69, 9.17) is 4.74 Å². The van der Waals surface area contributed by atoms with Crippen molar-refractivity contribution in [2.75, 3.05) is 33.3 Å². The van der Waals surface area contributed by atoms with E-state index in [2.05, 4.69) is 20.3 Å². The molecule has 31 heavy (non-hydrogen) atoms. The van der Waals surface area contributed by atoms with Crippen LogP contribution in [0.4, 0.5) is 13.2 Å². The molecular formula is C22H28F3N5O. The molecule has 0 amide bonds. The Bertz CT molecular complexity index is 935. The van der Waals surface area contributed by atoms with E-state index in [1.54, 1.807) is 17.9 Å². The first-order chi connectivity index (χ1) is 14.8. The Morgan fingerprint density at radius 1 is 1.35 bits per heavy atom. The molecule has 1 atom stereocenters. The second-order valence-electron chi connectivity index (χ2n) is 8.37. The lowest BCUT2D eigenvalue weighted by atomic mass is 9.64. The van der Waals surface area contributed by atoms with Crippen molar-refractivity contribution in [1.82, 2.24) is 20.0 Å². The van der Waals surface area contributed by atoms with Crippen LogP contribution < -0.4 is 5.32 Å². The normalized spacial score (nSPS) is 21.6. The van der Waals surface area contributed by atoms with Gasteiger partial charge in [-0.2, -0.15) is 18.3 Å². The Labute approximate surface area is 180 Å². The van der Waals surface area contributed by atoms with Crippen LogP contribution in [-0.2, 0) is 23.4 Å². The van der Waals surface area contributed by atoms with E-state index >= 15 is 0 Å². The largest absolute Gasteiger partial charge is 0.416 e. The molecule has 1 saturated heterocycles. The molecule has 1 saturated carbocycles. The third-order valence-electron chi connectivity index (χ3n) is 6.37. The van der Waals surface area contributed by atoms with Gasteiger partial charge in [0.1, 0.15) is 6.10 Å². The minimum absolute atomic E-state index is 0.0952. The minimum Gasteiger partial charge on any atom is -0.370 e. The van der Waals surface area contributed by atoms with Crippen LogP contribution in [0, 0.1) is 0 Å². The van der Waals surface area contributed by atoms with Crippen molar-refractivity contribution in [3.8, 4) is 0 Å². The Kier molecular flexibility index (Phi) is 5.96. The Hall–Kier alpha value is -2.55. The molecule has 2 fully saturated rings. The number of hydrogen-bond acceptors (Lipinski definition) is 3. The summed E-state index contributed by atoms with van der Waals surface area (Å²) in [7, 11) is 3.60. The number of benzene rings is 1. The third kappa shape index (κ3) is 4.56. The first kappa shape index (κ1) is 21.7. The van der Waals surface area contributed by atoms with Crippen molar-refractivity contribution in [3.05, 3.63) is 53.3 Å². The highest BCUT2D eigenvalue weighted by molar-refractivity contribution is 5.80. The molecule has 4 rings (SSSR count). The quantitative estimate of drug-likeness (QED) is 0.590. The highest BCUT2D eigenvalue weighted by Crippen LogP contribution is 2.44. The van der Waals surface area contributed by atoms with Crippen LogP contribution in [0.5, 0.6) is 0 Å². The summed E-state index contributed by atoms with van der Waals surface area (Å²) in [4.78, 5) is 6.57. The standard InChI is InChI=1S/C22H28F3N5O/c1-26-20(30-9-10-31-19(14-30)16-12-28-29(2)13-16)27-15-21(7-4-8-21)17-5-3-6-18(11-17)22(23,24)25/h3,5-6,11-13,19H,4,7-10,14-15H2,1-2H3,(H,26,27). The lowest BCUT2D eigenvalue weighted by molar-refractivity contribution is -0.137. The van der Waals surface area contributed by atoms with E-state index in [0.717, 1.165) is 42.4 Å². The van der Waals surface area contributed by atoms with Crippen molar-refractivity contribution in [1.29, 1.82) is 0 Å². The zero-order chi connectivity index (χ0) is 22.1. The van der Waals surface area contributed by atoms with Crippen LogP contribution in [0.25, 0.3) is 0 Å². The van der Waals surface area contributed by atoms with Crippen molar-refractivity contribution < 1.29 is 17.9 Å². The van der Waals surface area contributed by atoms with Crippen LogP contribution in [0.2, 0.25) is 0 Å². The number of nitrogens with zero attached hydrogens (tertiary/aromatic N) is 4. The molecule has 1 unspecified atom stereocenters. The van der Waals surface area contributed by atoms with E-state index in [9.17, 15) is 13.2 Å². The fraction of sp³-hybridized carbons (Fsp3) is 0.545. The molecule has 168 valence electrons. The van der Waals surface area contributed by atoms with Gasteiger partial charge in [-0.15, -0.1) is 0 Å². The van der Waals surface area contributed by atoms with E-state index in [-0.39, 0.29) is 11.5 Å². The molecule has 6 nitrogen and oxygen atoms in total. The smallest absolute Gasteiger partial charge is 0.370 e. The van der Waals surface area contributed by atoms with Crippen molar-refractivity contribution in [2.24, 2.45) is 12.0 Å². The van der Waals surface area contributed by atoms with Crippen LogP contribution >= 0.6 is 0 Å². The topological polar surface area (TPSA) is 54.7 Å². The van der Waals surface area contributed by atoms with Gasteiger partial charge in [0.05, 0.1) is 24.9 Å². The second-order valence-corrected chi connectivity index (χ2v) is 8.37. The molecular weight excluding hydrogens is 407 g/mol. The Balaban J connectivity index is 1.45. The number of hydrogen-bond donors (Lipinski definition) is 1. The third-order valence-corrected chi connectivity index (χ3v) is 6.37. The molecule has 2 aromatic rings. The van der Waals surface area contributed by atoms with Gasteiger partial charge in [0.2, 0.25) is 0 Å². The van der Waals surface area contributed by atoms with Gasteiger partial charge >= 0.3 is 6.18 Å². The van der Waals surface area contributed by atoms with Crippen LogP contribution in [0.3, 0.4) is 0 Å². The van der Waals surface area contributed by atoms with Gasteiger partial charge in [-0.3, -0.25) is 9.67 Å². The Morgan fingerprint density at radius 2 is 2.16 bits per heavy atom. The summed E-state index contributed by atoms with van der Waals surface area (Å²) in [5, 5.41) is 7.65. The maximum Gasteiger partial charge on any atom is 0.416 e. The van der Waals surface area contributed by atoms with Gasteiger partial charge < -0.3 is 15.0 Å². The number of aryl methyl sites for hydroxylation is 1.